The maximum Gasteiger partial charge on any atom is 0.471 e. The van der Waals surface area contributed by atoms with Crippen LogP contribution >= 0.6 is 0 Å². The van der Waals surface area contributed by atoms with E-state index < -0.39 is 12.1 Å². The van der Waals surface area contributed by atoms with Gasteiger partial charge in [-0.3, -0.25) is 9.36 Å². The van der Waals surface area contributed by atoms with E-state index in [0.717, 1.165) is 0 Å². The molecule has 3 rings (SSSR count). The van der Waals surface area contributed by atoms with E-state index in [-0.39, 0.29) is 18.2 Å². The Hall–Kier alpha value is -2.97. The van der Waals surface area contributed by atoms with E-state index in [0.29, 0.717) is 11.1 Å². The van der Waals surface area contributed by atoms with E-state index in [4.69, 9.17) is 0 Å². The number of halogens is 3. The Morgan fingerprint density at radius 2 is 1.96 bits per heavy atom. The third kappa shape index (κ3) is 3.28. The molecule has 0 bridgehead atoms. The lowest BCUT2D eigenvalue weighted by Crippen LogP contribution is -2.11. The number of imidazole rings is 1. The molecule has 0 atom stereocenters. The molecule has 0 saturated carbocycles. The average Bonchev–Trinajstić information content (AvgIpc) is 3.19. The van der Waals surface area contributed by atoms with Crippen LogP contribution in [0.5, 0.6) is 0 Å². The molecule has 2 heterocycles. The number of carbonyl (C=O) groups is 1. The largest absolute Gasteiger partial charge is 0.471 e. The third-order valence-electron chi connectivity index (χ3n) is 3.03. The van der Waals surface area contributed by atoms with Crippen molar-refractivity contribution in [1.29, 1.82) is 0 Å². The predicted molar refractivity (Wildman–Crippen MR) is 71.3 cm³/mol. The number of alkyl halides is 3. The van der Waals surface area contributed by atoms with Crippen LogP contribution in [0.1, 0.15) is 16.2 Å². The van der Waals surface area contributed by atoms with Crippen molar-refractivity contribution in [3.05, 3.63) is 54.4 Å². The first-order chi connectivity index (χ1) is 10.9. The van der Waals surface area contributed by atoms with E-state index in [2.05, 4.69) is 19.6 Å². The maximum atomic E-state index is 12.4. The van der Waals surface area contributed by atoms with Gasteiger partial charge in [-0.25, -0.2) is 4.98 Å². The number of hydrogen-bond donors (Lipinski definition) is 0. The summed E-state index contributed by atoms with van der Waals surface area (Å²) in [5.41, 5.74) is 1.06. The van der Waals surface area contributed by atoms with Crippen LogP contribution in [0.3, 0.4) is 0 Å². The van der Waals surface area contributed by atoms with E-state index >= 15 is 0 Å². The van der Waals surface area contributed by atoms with Gasteiger partial charge < -0.3 is 4.52 Å². The first-order valence-electron chi connectivity index (χ1n) is 6.45. The molecular formula is C14H9F3N4O2. The fourth-order valence-electron chi connectivity index (χ4n) is 1.90. The van der Waals surface area contributed by atoms with Crippen LogP contribution in [-0.4, -0.2) is 25.6 Å². The fourth-order valence-corrected chi connectivity index (χ4v) is 1.90. The molecule has 9 heteroatoms. The van der Waals surface area contributed by atoms with Crippen molar-refractivity contribution >= 4 is 5.91 Å². The Labute approximate surface area is 127 Å². The van der Waals surface area contributed by atoms with Gasteiger partial charge in [0.05, 0.1) is 6.42 Å². The molecule has 0 amide bonds. The fraction of sp³-hybridized carbons (Fsp3) is 0.143. The minimum atomic E-state index is -4.68. The molecular weight excluding hydrogens is 313 g/mol. The van der Waals surface area contributed by atoms with Crippen molar-refractivity contribution in [3.63, 3.8) is 0 Å². The molecule has 0 saturated heterocycles. The second-order valence-electron chi connectivity index (χ2n) is 4.66. The monoisotopic (exact) mass is 322 g/mol. The summed E-state index contributed by atoms with van der Waals surface area (Å²) in [6.45, 7) is 0. The number of aromatic nitrogens is 4. The number of benzene rings is 1. The van der Waals surface area contributed by atoms with E-state index in [1.165, 1.54) is 35.4 Å². The Balaban J connectivity index is 1.74. The molecule has 0 aliphatic rings. The van der Waals surface area contributed by atoms with Gasteiger partial charge in [-0.05, 0) is 5.56 Å². The minimum Gasteiger partial charge on any atom is -0.329 e. The second kappa shape index (κ2) is 5.67. The standard InChI is InChI=1S/C14H9F3N4O2/c15-14(16,17)13-19-12(20-23-13)10-3-1-9(2-4-10)7-11(22)21-6-5-18-8-21/h1-6,8H,7H2. The summed E-state index contributed by atoms with van der Waals surface area (Å²) < 4.78 is 42.8. The normalized spacial score (nSPS) is 11.6. The highest BCUT2D eigenvalue weighted by Crippen LogP contribution is 2.29. The smallest absolute Gasteiger partial charge is 0.329 e. The first-order valence-corrected chi connectivity index (χ1v) is 6.45. The number of hydrogen-bond acceptors (Lipinski definition) is 5. The lowest BCUT2D eigenvalue weighted by Gasteiger charge is -2.02. The Morgan fingerprint density at radius 3 is 2.52 bits per heavy atom. The molecule has 3 aromatic rings. The predicted octanol–water partition coefficient (Wildman–Crippen LogP) is 2.83. The summed E-state index contributed by atoms with van der Waals surface area (Å²) in [5, 5.41) is 3.30. The zero-order chi connectivity index (χ0) is 16.4. The molecule has 0 radical (unpaired) electrons. The minimum absolute atomic E-state index is 0.136. The summed E-state index contributed by atoms with van der Waals surface area (Å²) in [6, 6.07) is 6.30. The van der Waals surface area contributed by atoms with E-state index in [1.807, 2.05) is 0 Å². The molecule has 23 heavy (non-hydrogen) atoms. The maximum absolute atomic E-state index is 12.4. The van der Waals surface area contributed by atoms with Crippen LogP contribution in [0.15, 0.2) is 47.5 Å². The lowest BCUT2D eigenvalue weighted by molar-refractivity contribution is -0.159. The summed E-state index contributed by atoms with van der Waals surface area (Å²) >= 11 is 0. The van der Waals surface area contributed by atoms with Crippen LogP contribution < -0.4 is 0 Å². The number of carbonyl (C=O) groups excluding carboxylic acids is 1. The van der Waals surface area contributed by atoms with Crippen LogP contribution in [-0.2, 0) is 12.6 Å². The summed E-state index contributed by atoms with van der Waals surface area (Å²) in [5.74, 6) is -1.73. The van der Waals surface area contributed by atoms with Crippen LogP contribution in [0.25, 0.3) is 11.4 Å². The number of rotatable bonds is 3. The van der Waals surface area contributed by atoms with Gasteiger partial charge in [-0.1, -0.05) is 29.4 Å². The Kier molecular flexibility index (Phi) is 3.68. The highest BCUT2D eigenvalue weighted by Gasteiger charge is 2.38. The van der Waals surface area contributed by atoms with Gasteiger partial charge in [0.2, 0.25) is 11.7 Å². The zero-order valence-corrected chi connectivity index (χ0v) is 11.5. The molecule has 0 N–H and O–H groups in total. The highest BCUT2D eigenvalue weighted by molar-refractivity contribution is 5.81. The van der Waals surface area contributed by atoms with Crippen molar-refractivity contribution in [2.45, 2.75) is 12.6 Å². The average molecular weight is 322 g/mol. The van der Waals surface area contributed by atoms with Gasteiger partial charge in [0.1, 0.15) is 6.33 Å². The molecule has 2 aromatic heterocycles. The molecule has 118 valence electrons. The summed E-state index contributed by atoms with van der Waals surface area (Å²) in [6.07, 6.45) is -0.113. The van der Waals surface area contributed by atoms with E-state index in [9.17, 15) is 18.0 Å². The first kappa shape index (κ1) is 14.9. The molecule has 0 unspecified atom stereocenters. The summed E-state index contributed by atoms with van der Waals surface area (Å²) in [7, 11) is 0. The van der Waals surface area contributed by atoms with Gasteiger partial charge in [0, 0.05) is 18.0 Å². The van der Waals surface area contributed by atoms with Crippen molar-refractivity contribution in [3.8, 4) is 11.4 Å². The third-order valence-corrected chi connectivity index (χ3v) is 3.03. The molecule has 1 aromatic carbocycles. The van der Waals surface area contributed by atoms with Crippen LogP contribution in [0, 0.1) is 0 Å². The van der Waals surface area contributed by atoms with Gasteiger partial charge in [0.25, 0.3) is 0 Å². The summed E-state index contributed by atoms with van der Waals surface area (Å²) in [4.78, 5) is 19.0. The van der Waals surface area contributed by atoms with Crippen molar-refractivity contribution < 1.29 is 22.5 Å². The number of nitrogens with zero attached hydrogens (tertiary/aromatic N) is 4. The van der Waals surface area contributed by atoms with Crippen molar-refractivity contribution in [1.82, 2.24) is 19.7 Å². The second-order valence-corrected chi connectivity index (χ2v) is 4.66. The van der Waals surface area contributed by atoms with Crippen LogP contribution in [0.2, 0.25) is 0 Å². The van der Waals surface area contributed by atoms with Gasteiger partial charge in [-0.2, -0.15) is 18.2 Å². The quantitative estimate of drug-likeness (QED) is 0.741. The van der Waals surface area contributed by atoms with E-state index in [1.54, 1.807) is 12.1 Å². The topological polar surface area (TPSA) is 73.8 Å². The SMILES string of the molecule is O=C(Cc1ccc(-c2noc(C(F)(F)F)n2)cc1)n1ccnc1. The molecule has 0 aliphatic carbocycles. The van der Waals surface area contributed by atoms with Gasteiger partial charge in [-0.15, -0.1) is 0 Å². The van der Waals surface area contributed by atoms with Gasteiger partial charge >= 0.3 is 12.1 Å². The van der Waals surface area contributed by atoms with Gasteiger partial charge in [0.15, 0.2) is 0 Å². The molecule has 0 aliphatic heterocycles. The lowest BCUT2D eigenvalue weighted by atomic mass is 10.1. The molecule has 6 nitrogen and oxygen atoms in total. The highest BCUT2D eigenvalue weighted by atomic mass is 19.4. The zero-order valence-electron chi connectivity index (χ0n) is 11.5. The Morgan fingerprint density at radius 1 is 1.22 bits per heavy atom. The van der Waals surface area contributed by atoms with Crippen molar-refractivity contribution in [2.24, 2.45) is 0 Å². The Bertz CT molecular complexity index is 807. The van der Waals surface area contributed by atoms with Crippen molar-refractivity contribution in [2.75, 3.05) is 0 Å². The van der Waals surface area contributed by atoms with Crippen LogP contribution in [0.4, 0.5) is 13.2 Å². The molecule has 0 spiro atoms. The molecule has 0 fully saturated rings.